The average Bonchev–Trinajstić information content (AvgIpc) is 2.47. The van der Waals surface area contributed by atoms with Crippen LogP contribution in [0, 0.1) is 0 Å². The Morgan fingerprint density at radius 3 is 2.05 bits per heavy atom. The molecule has 0 saturated carbocycles. The molecule has 0 heterocycles. The fourth-order valence-electron chi connectivity index (χ4n) is 2.26. The fraction of sp³-hybridized carbons (Fsp3) is 0.625. The molecule has 0 aromatic heterocycles. The standard InChI is InChI=1S/C16H28N2O3/c1-6-18(9-7-8-17(2)3)12-13-10-14(20-4)16(19)15(11-13)21-5/h10-11,19H,6-9,12H2,1-5H3. The molecule has 0 radical (unpaired) electrons. The van der Waals surface area contributed by atoms with Crippen molar-refractivity contribution in [2.75, 3.05) is 47.9 Å². The molecule has 0 fully saturated rings. The molecule has 0 atom stereocenters. The van der Waals surface area contributed by atoms with Crippen LogP contribution in [0.25, 0.3) is 0 Å². The zero-order chi connectivity index (χ0) is 15.8. The number of hydrogen-bond donors (Lipinski definition) is 1. The van der Waals surface area contributed by atoms with Gasteiger partial charge in [-0.25, -0.2) is 0 Å². The van der Waals surface area contributed by atoms with Crippen LogP contribution in [0.15, 0.2) is 12.1 Å². The van der Waals surface area contributed by atoms with E-state index in [2.05, 4.69) is 30.8 Å². The number of methoxy groups -OCH3 is 2. The summed E-state index contributed by atoms with van der Waals surface area (Å²) < 4.78 is 10.4. The first-order valence-electron chi connectivity index (χ1n) is 7.32. The second kappa shape index (κ2) is 8.74. The van der Waals surface area contributed by atoms with Crippen LogP contribution in [-0.2, 0) is 6.54 Å². The van der Waals surface area contributed by atoms with Crippen LogP contribution in [0.5, 0.6) is 17.2 Å². The molecule has 1 aromatic rings. The maximum absolute atomic E-state index is 9.94. The van der Waals surface area contributed by atoms with Crippen LogP contribution in [0.2, 0.25) is 0 Å². The molecule has 0 unspecified atom stereocenters. The number of phenolic OH excluding ortho intramolecular Hbond substituents is 1. The zero-order valence-corrected chi connectivity index (χ0v) is 13.8. The maximum atomic E-state index is 9.94. The Morgan fingerprint density at radius 1 is 1.05 bits per heavy atom. The molecular weight excluding hydrogens is 268 g/mol. The normalized spacial score (nSPS) is 11.2. The van der Waals surface area contributed by atoms with Crippen LogP contribution < -0.4 is 9.47 Å². The Bertz CT molecular complexity index is 411. The highest BCUT2D eigenvalue weighted by Gasteiger charge is 2.13. The fourth-order valence-corrected chi connectivity index (χ4v) is 2.26. The molecule has 0 aliphatic rings. The van der Waals surface area contributed by atoms with Gasteiger partial charge in [0.05, 0.1) is 14.2 Å². The lowest BCUT2D eigenvalue weighted by atomic mass is 10.1. The first-order valence-corrected chi connectivity index (χ1v) is 7.32. The van der Waals surface area contributed by atoms with E-state index in [1.807, 2.05) is 12.1 Å². The summed E-state index contributed by atoms with van der Waals surface area (Å²) >= 11 is 0. The average molecular weight is 296 g/mol. The third kappa shape index (κ3) is 5.44. The lowest BCUT2D eigenvalue weighted by Crippen LogP contribution is -2.26. The molecule has 0 spiro atoms. The van der Waals surface area contributed by atoms with Gasteiger partial charge in [0.2, 0.25) is 5.75 Å². The van der Waals surface area contributed by atoms with Crippen molar-refractivity contribution in [1.29, 1.82) is 0 Å². The van der Waals surface area contributed by atoms with Gasteiger partial charge in [0.1, 0.15) is 0 Å². The number of hydrogen-bond acceptors (Lipinski definition) is 5. The predicted molar refractivity (Wildman–Crippen MR) is 85.3 cm³/mol. The van der Waals surface area contributed by atoms with Crippen molar-refractivity contribution in [2.24, 2.45) is 0 Å². The molecule has 5 nitrogen and oxygen atoms in total. The first-order chi connectivity index (χ1) is 10.0. The molecular formula is C16H28N2O3. The quantitative estimate of drug-likeness (QED) is 0.757. The lowest BCUT2D eigenvalue weighted by molar-refractivity contribution is 0.258. The van der Waals surface area contributed by atoms with Crippen molar-refractivity contribution in [1.82, 2.24) is 9.80 Å². The summed E-state index contributed by atoms with van der Waals surface area (Å²) in [5.74, 6) is 0.960. The number of aromatic hydroxyl groups is 1. The molecule has 0 aliphatic carbocycles. The summed E-state index contributed by atoms with van der Waals surface area (Å²) in [4.78, 5) is 4.56. The van der Waals surface area contributed by atoms with Crippen molar-refractivity contribution < 1.29 is 14.6 Å². The first kappa shape index (κ1) is 17.6. The van der Waals surface area contributed by atoms with Gasteiger partial charge in [-0.3, -0.25) is 4.90 Å². The van der Waals surface area contributed by atoms with Crippen LogP contribution >= 0.6 is 0 Å². The number of rotatable bonds is 9. The second-order valence-corrected chi connectivity index (χ2v) is 5.37. The van der Waals surface area contributed by atoms with E-state index in [4.69, 9.17) is 9.47 Å². The Labute approximate surface area is 128 Å². The summed E-state index contributed by atoms with van der Waals surface area (Å²) in [6.45, 7) is 6.08. The largest absolute Gasteiger partial charge is 0.502 e. The van der Waals surface area contributed by atoms with Crippen LogP contribution in [0.1, 0.15) is 18.9 Å². The summed E-state index contributed by atoms with van der Waals surface area (Å²) in [7, 11) is 7.28. The van der Waals surface area contributed by atoms with Crippen molar-refractivity contribution >= 4 is 0 Å². The minimum atomic E-state index is 0.0550. The third-order valence-electron chi connectivity index (χ3n) is 3.47. The monoisotopic (exact) mass is 296 g/mol. The molecule has 0 aliphatic heterocycles. The van der Waals surface area contributed by atoms with Crippen LogP contribution in [-0.4, -0.2) is 62.9 Å². The number of ether oxygens (including phenoxy) is 2. The molecule has 0 saturated heterocycles. The highest BCUT2D eigenvalue weighted by Crippen LogP contribution is 2.37. The molecule has 0 amide bonds. The highest BCUT2D eigenvalue weighted by atomic mass is 16.5. The lowest BCUT2D eigenvalue weighted by Gasteiger charge is -2.22. The van der Waals surface area contributed by atoms with Crippen molar-refractivity contribution in [3.05, 3.63) is 17.7 Å². The van der Waals surface area contributed by atoms with E-state index >= 15 is 0 Å². The van der Waals surface area contributed by atoms with Crippen molar-refractivity contribution in [3.63, 3.8) is 0 Å². The SMILES string of the molecule is CCN(CCCN(C)C)Cc1cc(OC)c(O)c(OC)c1. The molecule has 120 valence electrons. The van der Waals surface area contributed by atoms with Gasteiger partial charge in [0.25, 0.3) is 0 Å². The topological polar surface area (TPSA) is 45.2 Å². The van der Waals surface area contributed by atoms with Gasteiger partial charge >= 0.3 is 0 Å². The Kier molecular flexibility index (Phi) is 7.32. The molecule has 1 rings (SSSR count). The Balaban J connectivity index is 2.75. The van der Waals surface area contributed by atoms with E-state index in [1.165, 1.54) is 0 Å². The third-order valence-corrected chi connectivity index (χ3v) is 3.47. The molecule has 21 heavy (non-hydrogen) atoms. The van der Waals surface area contributed by atoms with Gasteiger partial charge in [-0.1, -0.05) is 6.92 Å². The minimum absolute atomic E-state index is 0.0550. The van der Waals surface area contributed by atoms with E-state index in [0.29, 0.717) is 11.5 Å². The molecule has 1 N–H and O–H groups in total. The zero-order valence-electron chi connectivity index (χ0n) is 13.8. The minimum Gasteiger partial charge on any atom is -0.502 e. The van der Waals surface area contributed by atoms with E-state index in [9.17, 15) is 5.11 Å². The second-order valence-electron chi connectivity index (χ2n) is 5.37. The van der Waals surface area contributed by atoms with Gasteiger partial charge in [-0.05, 0) is 57.8 Å². The summed E-state index contributed by atoms with van der Waals surface area (Å²) in [6, 6.07) is 3.74. The summed E-state index contributed by atoms with van der Waals surface area (Å²) in [5.41, 5.74) is 1.08. The van der Waals surface area contributed by atoms with E-state index in [0.717, 1.165) is 38.2 Å². The molecule has 0 bridgehead atoms. The van der Waals surface area contributed by atoms with Crippen molar-refractivity contribution in [3.8, 4) is 17.2 Å². The Morgan fingerprint density at radius 2 is 1.62 bits per heavy atom. The smallest absolute Gasteiger partial charge is 0.200 e. The van der Waals surface area contributed by atoms with Gasteiger partial charge in [0.15, 0.2) is 11.5 Å². The number of benzene rings is 1. The van der Waals surface area contributed by atoms with Gasteiger partial charge in [-0.15, -0.1) is 0 Å². The number of phenols is 1. The van der Waals surface area contributed by atoms with E-state index in [-0.39, 0.29) is 5.75 Å². The summed E-state index contributed by atoms with van der Waals surface area (Å²) in [6.07, 6.45) is 1.13. The van der Waals surface area contributed by atoms with Gasteiger partial charge in [-0.2, -0.15) is 0 Å². The van der Waals surface area contributed by atoms with Gasteiger partial charge in [0, 0.05) is 6.54 Å². The Hall–Kier alpha value is -1.46. The van der Waals surface area contributed by atoms with E-state index < -0.39 is 0 Å². The summed E-state index contributed by atoms with van der Waals surface area (Å²) in [5, 5.41) is 9.94. The molecule has 5 heteroatoms. The predicted octanol–water partition coefficient (Wildman–Crippen LogP) is 2.18. The van der Waals surface area contributed by atoms with Crippen LogP contribution in [0.4, 0.5) is 0 Å². The van der Waals surface area contributed by atoms with E-state index in [1.54, 1.807) is 14.2 Å². The highest BCUT2D eigenvalue weighted by molar-refractivity contribution is 5.52. The maximum Gasteiger partial charge on any atom is 0.200 e. The van der Waals surface area contributed by atoms with Gasteiger partial charge < -0.3 is 19.5 Å². The van der Waals surface area contributed by atoms with Crippen molar-refractivity contribution in [2.45, 2.75) is 19.9 Å². The number of nitrogens with zero attached hydrogens (tertiary/aromatic N) is 2. The molecule has 1 aromatic carbocycles. The van der Waals surface area contributed by atoms with Crippen LogP contribution in [0.3, 0.4) is 0 Å².